The zero-order valence-electron chi connectivity index (χ0n) is 35.2. The van der Waals surface area contributed by atoms with Gasteiger partial charge in [-0.3, -0.25) is 9.59 Å². The van der Waals surface area contributed by atoms with E-state index in [2.05, 4.69) is 51.7 Å². The minimum atomic E-state index is -1.57. The number of ketones is 2. The summed E-state index contributed by atoms with van der Waals surface area (Å²) in [6, 6.07) is 7.62. The standard InChI is InChI=1S/C49H53NO8/c1-25(2)14-13-21-47(8)22-20-30-41(52)36-39-37-34(35-38(50(39)9)28-15-11-12-16-29(28)40(35)51)32-24-33-46(6,7)58-48(44(32)53,23-19-27(5)45(54)55-10)49(33,37)57-43(36)31(42(30)56-47)18-17-26(3)4/h11-12,14-17,19-20,22,32-34,52H,13,18,21,23-24H2,1-10H3/b27-19-. The van der Waals surface area contributed by atoms with Gasteiger partial charge < -0.3 is 29.0 Å². The molecule has 2 aromatic rings. The number of hydrogen-bond donors (Lipinski definition) is 1. The number of hydrogen-bond acceptors (Lipinski definition) is 9. The average Bonchev–Trinajstić information content (AvgIpc) is 3.55. The lowest BCUT2D eigenvalue weighted by Gasteiger charge is -2.63. The molecule has 1 saturated heterocycles. The van der Waals surface area contributed by atoms with Crippen molar-refractivity contribution >= 4 is 35.0 Å². The van der Waals surface area contributed by atoms with Gasteiger partial charge in [0.25, 0.3) is 0 Å². The zero-order chi connectivity index (χ0) is 41.4. The van der Waals surface area contributed by atoms with E-state index in [0.717, 1.165) is 46.5 Å². The molecule has 6 unspecified atom stereocenters. The molecule has 2 aromatic carbocycles. The number of carbonyl (C=O) groups excluding carboxylic acids is 3. The number of Topliss-reactive ketones (excluding diaryl/α,β-unsaturated/α-hetero) is 2. The Kier molecular flexibility index (Phi) is 8.39. The highest BCUT2D eigenvalue weighted by Gasteiger charge is 2.84. The van der Waals surface area contributed by atoms with Crippen molar-refractivity contribution in [2.24, 2.45) is 17.8 Å². The van der Waals surface area contributed by atoms with E-state index in [-0.39, 0.29) is 29.7 Å². The van der Waals surface area contributed by atoms with Crippen molar-refractivity contribution in [3.8, 4) is 17.2 Å². The van der Waals surface area contributed by atoms with Gasteiger partial charge >= 0.3 is 5.97 Å². The van der Waals surface area contributed by atoms with Gasteiger partial charge in [0.1, 0.15) is 22.8 Å². The van der Waals surface area contributed by atoms with E-state index >= 15 is 4.79 Å². The second kappa shape index (κ2) is 12.7. The molecule has 0 amide bonds. The second-order valence-corrected chi connectivity index (χ2v) is 18.5. The smallest absolute Gasteiger partial charge is 0.333 e. The molecule has 8 aliphatic rings. The first-order valence-corrected chi connectivity index (χ1v) is 20.6. The first-order chi connectivity index (χ1) is 27.4. The van der Waals surface area contributed by atoms with Crippen LogP contribution in [0.3, 0.4) is 0 Å². The molecule has 0 radical (unpaired) electrons. The number of methoxy groups -OCH3 is 1. The molecule has 3 saturated carbocycles. The average molecular weight is 784 g/mol. The summed E-state index contributed by atoms with van der Waals surface area (Å²) in [5, 5.41) is 12.8. The van der Waals surface area contributed by atoms with Crippen molar-refractivity contribution in [2.75, 3.05) is 14.2 Å². The van der Waals surface area contributed by atoms with Crippen LogP contribution < -0.4 is 9.47 Å². The summed E-state index contributed by atoms with van der Waals surface area (Å²) < 4.78 is 27.0. The Bertz CT molecular complexity index is 2450. The van der Waals surface area contributed by atoms with Gasteiger partial charge in [-0.25, -0.2) is 4.79 Å². The molecular formula is C49H53NO8. The first-order valence-electron chi connectivity index (χ1n) is 20.6. The SMILES string of the molecule is COC(=O)/C(C)=C\CC12OC(C)(C)C3CC(C1=O)C1C4=C(c5ccccc5C4=O)N(C)C4=C1C32Oc1c(CC=C(C)C)c2c(c(O)c14)C=CC(C)(CCC=C(C)C)O2. The lowest BCUT2D eigenvalue weighted by atomic mass is 9.44. The van der Waals surface area contributed by atoms with E-state index in [1.165, 1.54) is 12.7 Å². The number of allylic oxidation sites excluding steroid dienone is 5. The number of aromatic hydroxyl groups is 1. The molecule has 1 spiro atoms. The maximum absolute atomic E-state index is 15.6. The third-order valence-corrected chi connectivity index (χ3v) is 13.9. The summed E-state index contributed by atoms with van der Waals surface area (Å²) in [6.45, 7) is 16.0. The van der Waals surface area contributed by atoms with Crippen LogP contribution in [0, 0.1) is 17.8 Å². The molecule has 4 bridgehead atoms. The second-order valence-electron chi connectivity index (χ2n) is 18.5. The summed E-state index contributed by atoms with van der Waals surface area (Å²) in [4.78, 5) is 45.2. The van der Waals surface area contributed by atoms with E-state index in [0.29, 0.717) is 52.2 Å². The van der Waals surface area contributed by atoms with Crippen molar-refractivity contribution in [3.63, 3.8) is 0 Å². The highest BCUT2D eigenvalue weighted by molar-refractivity contribution is 6.23. The van der Waals surface area contributed by atoms with Crippen molar-refractivity contribution in [2.45, 2.75) is 110 Å². The maximum atomic E-state index is 15.6. The minimum Gasteiger partial charge on any atom is -0.506 e. The molecular weight excluding hydrogens is 731 g/mol. The maximum Gasteiger partial charge on any atom is 0.333 e. The number of benzene rings is 2. The molecule has 302 valence electrons. The lowest BCUT2D eigenvalue weighted by molar-refractivity contribution is -0.181. The molecule has 9 nitrogen and oxygen atoms in total. The molecule has 9 heteroatoms. The summed E-state index contributed by atoms with van der Waals surface area (Å²) >= 11 is 0. The summed E-state index contributed by atoms with van der Waals surface area (Å²) in [7, 11) is 3.29. The Labute approximate surface area is 340 Å². The monoisotopic (exact) mass is 783 g/mol. The Morgan fingerprint density at radius 2 is 1.67 bits per heavy atom. The van der Waals surface area contributed by atoms with Crippen molar-refractivity contribution in [1.29, 1.82) is 0 Å². The van der Waals surface area contributed by atoms with Gasteiger partial charge in [0.2, 0.25) is 0 Å². The van der Waals surface area contributed by atoms with E-state index < -0.39 is 40.2 Å². The van der Waals surface area contributed by atoms with E-state index in [4.69, 9.17) is 18.9 Å². The van der Waals surface area contributed by atoms with Gasteiger partial charge in [0.15, 0.2) is 22.8 Å². The number of ether oxygens (including phenoxy) is 4. The molecule has 6 atom stereocenters. The summed E-state index contributed by atoms with van der Waals surface area (Å²) in [5.74, 6) is -1.27. The van der Waals surface area contributed by atoms with Crippen LogP contribution >= 0.6 is 0 Å². The number of phenolic OH excluding ortho intramolecular Hbond substituents is 1. The molecule has 1 N–H and O–H groups in total. The quantitative estimate of drug-likeness (QED) is 0.159. The molecule has 0 aromatic heterocycles. The van der Waals surface area contributed by atoms with E-state index in [9.17, 15) is 14.7 Å². The first kappa shape index (κ1) is 38.4. The summed E-state index contributed by atoms with van der Waals surface area (Å²) in [5.41, 5.74) is 4.27. The largest absolute Gasteiger partial charge is 0.506 e. The van der Waals surface area contributed by atoms with Crippen LogP contribution in [0.25, 0.3) is 17.5 Å². The van der Waals surface area contributed by atoms with Crippen LogP contribution in [-0.4, -0.2) is 64.1 Å². The highest BCUT2D eigenvalue weighted by atomic mass is 16.6. The predicted octanol–water partition coefficient (Wildman–Crippen LogP) is 9.10. The van der Waals surface area contributed by atoms with Gasteiger partial charge in [-0.1, -0.05) is 53.6 Å². The van der Waals surface area contributed by atoms with Crippen LogP contribution in [0.2, 0.25) is 0 Å². The summed E-state index contributed by atoms with van der Waals surface area (Å²) in [6.07, 6.45) is 12.6. The van der Waals surface area contributed by atoms with Crippen LogP contribution in [0.1, 0.15) is 114 Å². The Hall–Kier alpha value is -5.15. The predicted molar refractivity (Wildman–Crippen MR) is 222 cm³/mol. The Morgan fingerprint density at radius 1 is 0.966 bits per heavy atom. The topological polar surface area (TPSA) is 112 Å². The fraction of sp³-hybridized carbons (Fsp3) is 0.449. The minimum absolute atomic E-state index is 0.0222. The zero-order valence-corrected chi connectivity index (χ0v) is 35.2. The van der Waals surface area contributed by atoms with Crippen LogP contribution in [0.4, 0.5) is 0 Å². The lowest BCUT2D eigenvalue weighted by Crippen LogP contribution is -2.75. The highest BCUT2D eigenvalue weighted by Crippen LogP contribution is 2.75. The molecule has 10 rings (SSSR count). The van der Waals surface area contributed by atoms with Crippen LogP contribution in [0.5, 0.6) is 17.2 Å². The van der Waals surface area contributed by atoms with Gasteiger partial charge in [0, 0.05) is 64.6 Å². The molecule has 4 heterocycles. The molecule has 4 fully saturated rings. The van der Waals surface area contributed by atoms with Gasteiger partial charge in [0.05, 0.1) is 35.2 Å². The van der Waals surface area contributed by atoms with Gasteiger partial charge in [-0.15, -0.1) is 0 Å². The number of carbonyl (C=O) groups is 3. The number of fused-ring (bicyclic) bond motifs is 5. The molecule has 58 heavy (non-hydrogen) atoms. The van der Waals surface area contributed by atoms with Crippen molar-refractivity contribution < 1.29 is 38.4 Å². The fourth-order valence-electron chi connectivity index (χ4n) is 11.4. The molecule has 4 aliphatic heterocycles. The van der Waals surface area contributed by atoms with E-state index in [1.54, 1.807) is 13.0 Å². The third kappa shape index (κ3) is 4.88. The van der Waals surface area contributed by atoms with Gasteiger partial charge in [-0.2, -0.15) is 0 Å². The third-order valence-electron chi connectivity index (χ3n) is 13.9. The number of rotatable bonds is 8. The Balaban J connectivity index is 1.37. The van der Waals surface area contributed by atoms with Crippen LogP contribution in [0.15, 0.2) is 76.4 Å². The van der Waals surface area contributed by atoms with Crippen molar-refractivity contribution in [3.05, 3.63) is 104 Å². The number of esters is 1. The van der Waals surface area contributed by atoms with Crippen molar-refractivity contribution in [1.82, 2.24) is 4.90 Å². The van der Waals surface area contributed by atoms with Crippen LogP contribution in [-0.2, 0) is 25.5 Å². The number of phenols is 1. The number of nitrogens with zero attached hydrogens (tertiary/aromatic N) is 1. The normalized spacial score (nSPS) is 30.2. The Morgan fingerprint density at radius 3 is 2.36 bits per heavy atom. The van der Waals surface area contributed by atoms with Gasteiger partial charge in [-0.05, 0) is 93.2 Å². The fourth-order valence-corrected chi connectivity index (χ4v) is 11.4. The van der Waals surface area contributed by atoms with E-state index in [1.807, 2.05) is 57.3 Å². The molecule has 4 aliphatic carbocycles.